The molecule has 0 bridgehead atoms. The maximum atomic E-state index is 11.4. The van der Waals surface area contributed by atoms with Crippen molar-refractivity contribution in [1.29, 1.82) is 0 Å². The van der Waals surface area contributed by atoms with Gasteiger partial charge in [0.2, 0.25) is 0 Å². The van der Waals surface area contributed by atoms with Gasteiger partial charge in [-0.2, -0.15) is 0 Å². The number of aromatic nitrogens is 2. The number of H-pyrrole nitrogens is 1. The van der Waals surface area contributed by atoms with Gasteiger partial charge in [0.15, 0.2) is 0 Å². The van der Waals surface area contributed by atoms with Crippen LogP contribution in [0.2, 0.25) is 0 Å². The van der Waals surface area contributed by atoms with Crippen molar-refractivity contribution in [2.75, 3.05) is 6.61 Å². The molecule has 0 aliphatic carbocycles. The van der Waals surface area contributed by atoms with E-state index < -0.39 is 29.7 Å². The smallest absolute Gasteiger partial charge is 0.330 e. The summed E-state index contributed by atoms with van der Waals surface area (Å²) in [6, 6.07) is 1.20. The summed E-state index contributed by atoms with van der Waals surface area (Å²) in [5, 5.41) is 18.4. The normalized spacial score (nSPS) is 29.5. The lowest BCUT2D eigenvalue weighted by molar-refractivity contribution is -0.0459. The van der Waals surface area contributed by atoms with E-state index in [0.29, 0.717) is 0 Å². The Bertz CT molecular complexity index is 479. The molecule has 0 saturated carbocycles. The van der Waals surface area contributed by atoms with E-state index in [9.17, 15) is 14.7 Å². The highest BCUT2D eigenvalue weighted by atomic mass is 16.6. The van der Waals surface area contributed by atoms with Crippen molar-refractivity contribution in [3.8, 4) is 0 Å². The lowest BCUT2D eigenvalue weighted by atomic mass is 10.3. The molecule has 1 saturated heterocycles. The Morgan fingerprint density at radius 2 is 2.31 bits per heavy atom. The second-order valence-corrected chi connectivity index (χ2v) is 3.63. The third kappa shape index (κ3) is 1.92. The Balaban J connectivity index is 2.27. The molecule has 2 rings (SSSR count). The number of nitrogens with one attached hydrogen (secondary N) is 1. The molecule has 0 amide bonds. The summed E-state index contributed by atoms with van der Waals surface area (Å²) < 4.78 is 6.45. The molecule has 2 heterocycles. The Hall–Kier alpha value is -1.44. The number of hydrogen-bond donors (Lipinski definition) is 3. The lowest BCUT2D eigenvalue weighted by Crippen LogP contribution is -2.31. The quantitative estimate of drug-likeness (QED) is 0.518. The maximum absolute atomic E-state index is 11.4. The fourth-order valence-electron chi connectivity index (χ4n) is 1.70. The molecule has 0 aromatic carbocycles. The van der Waals surface area contributed by atoms with Gasteiger partial charge in [0.1, 0.15) is 12.3 Å². The first kappa shape index (κ1) is 11.1. The Morgan fingerprint density at radius 1 is 1.56 bits per heavy atom. The summed E-state index contributed by atoms with van der Waals surface area (Å²) in [4.78, 5) is 24.3. The van der Waals surface area contributed by atoms with Crippen LogP contribution in [0.3, 0.4) is 0 Å². The van der Waals surface area contributed by atoms with Crippen LogP contribution in [0.4, 0.5) is 0 Å². The highest BCUT2D eigenvalue weighted by Crippen LogP contribution is 2.26. The van der Waals surface area contributed by atoms with Crippen molar-refractivity contribution in [2.24, 2.45) is 0 Å². The van der Waals surface area contributed by atoms with Crippen LogP contribution in [0.1, 0.15) is 12.6 Å². The molecule has 16 heavy (non-hydrogen) atoms. The van der Waals surface area contributed by atoms with E-state index >= 15 is 0 Å². The first-order chi connectivity index (χ1) is 7.61. The molecule has 88 valence electrons. The fourth-order valence-corrected chi connectivity index (χ4v) is 1.70. The topological polar surface area (TPSA) is 105 Å². The molecule has 1 fully saturated rings. The van der Waals surface area contributed by atoms with Gasteiger partial charge in [-0.15, -0.1) is 0 Å². The minimum atomic E-state index is -0.811. The molecule has 1 aromatic rings. The average Bonchev–Trinajstić information content (AvgIpc) is 2.59. The van der Waals surface area contributed by atoms with Crippen molar-refractivity contribution < 1.29 is 14.9 Å². The van der Waals surface area contributed by atoms with E-state index in [1.165, 1.54) is 16.8 Å². The van der Waals surface area contributed by atoms with Crippen molar-refractivity contribution in [3.63, 3.8) is 0 Å². The second-order valence-electron chi connectivity index (χ2n) is 3.63. The Kier molecular flexibility index (Phi) is 2.90. The molecule has 0 unspecified atom stereocenters. The van der Waals surface area contributed by atoms with Crippen LogP contribution in [0.25, 0.3) is 0 Å². The minimum Gasteiger partial charge on any atom is -0.394 e. The first-order valence-corrected chi connectivity index (χ1v) is 4.87. The molecule has 3 atom stereocenters. The third-order valence-electron chi connectivity index (χ3n) is 2.55. The van der Waals surface area contributed by atoms with Gasteiger partial charge < -0.3 is 14.9 Å². The number of ether oxygens (including phenoxy) is 1. The van der Waals surface area contributed by atoms with Crippen LogP contribution >= 0.6 is 0 Å². The van der Waals surface area contributed by atoms with Gasteiger partial charge in [0.05, 0.1) is 12.7 Å². The maximum Gasteiger partial charge on any atom is 0.330 e. The summed E-state index contributed by atoms with van der Waals surface area (Å²) in [5.41, 5.74) is -1.08. The van der Waals surface area contributed by atoms with E-state index in [1.54, 1.807) is 0 Å². The van der Waals surface area contributed by atoms with Gasteiger partial charge in [-0.1, -0.05) is 0 Å². The average molecular weight is 229 g/mol. The number of nitrogens with zero attached hydrogens (tertiary/aromatic N) is 1. The third-order valence-corrected chi connectivity index (χ3v) is 2.55. The predicted octanol–water partition coefficient (Wildman–Crippen LogP) is -1.82. The lowest BCUT2D eigenvalue weighted by Gasteiger charge is -2.13. The van der Waals surface area contributed by atoms with E-state index in [1.807, 2.05) is 0 Å². The monoisotopic (exact) mass is 229 g/mol. The van der Waals surface area contributed by atoms with Crippen LogP contribution in [0, 0.1) is 0 Å². The SMILES string of the molecule is O=c1ccn([C@H]2[13CH2][C@H](O)[C@@H](CO)O2)c(=O)[nH]1. The molecule has 1 aliphatic rings. The van der Waals surface area contributed by atoms with Crippen LogP contribution in [0.15, 0.2) is 21.9 Å². The molecule has 1 aromatic heterocycles. The van der Waals surface area contributed by atoms with Crippen molar-refractivity contribution in [3.05, 3.63) is 33.1 Å². The van der Waals surface area contributed by atoms with E-state index in [4.69, 9.17) is 9.84 Å². The van der Waals surface area contributed by atoms with E-state index in [-0.39, 0.29) is 13.0 Å². The molecule has 7 nitrogen and oxygen atoms in total. The number of hydrogen-bond acceptors (Lipinski definition) is 5. The van der Waals surface area contributed by atoms with Crippen LogP contribution in [-0.2, 0) is 4.74 Å². The minimum absolute atomic E-state index is 0.206. The number of aliphatic hydroxyl groups is 2. The summed E-state index contributed by atoms with van der Waals surface area (Å²) >= 11 is 0. The van der Waals surface area contributed by atoms with Gasteiger partial charge in [-0.05, 0) is 0 Å². The number of rotatable bonds is 2. The van der Waals surface area contributed by atoms with Crippen molar-refractivity contribution in [2.45, 2.75) is 24.9 Å². The Labute approximate surface area is 89.9 Å². The van der Waals surface area contributed by atoms with Crippen LogP contribution < -0.4 is 11.2 Å². The standard InChI is InChI=1S/C9H12N2O5/c12-4-6-5(13)3-8(16-6)11-2-1-7(14)10-9(11)15/h1-2,5-6,8,12-13H,3-4H2,(H,10,14,15)/t5-,6+,8+/m0/s1/i3+1. The second kappa shape index (κ2) is 4.20. The highest BCUT2D eigenvalue weighted by molar-refractivity contribution is 4.88. The van der Waals surface area contributed by atoms with Gasteiger partial charge in [0.25, 0.3) is 5.56 Å². The van der Waals surface area contributed by atoms with Crippen molar-refractivity contribution in [1.82, 2.24) is 9.55 Å². The zero-order chi connectivity index (χ0) is 11.7. The zero-order valence-electron chi connectivity index (χ0n) is 8.37. The number of aromatic amines is 1. The Morgan fingerprint density at radius 3 is 2.88 bits per heavy atom. The molecule has 3 N–H and O–H groups in total. The van der Waals surface area contributed by atoms with Crippen LogP contribution in [0.5, 0.6) is 0 Å². The van der Waals surface area contributed by atoms with Gasteiger partial charge in [-0.3, -0.25) is 14.3 Å². The first-order valence-electron chi connectivity index (χ1n) is 4.87. The molecular weight excluding hydrogens is 217 g/mol. The van der Waals surface area contributed by atoms with E-state index in [2.05, 4.69) is 4.98 Å². The van der Waals surface area contributed by atoms with Gasteiger partial charge in [-0.25, -0.2) is 4.79 Å². The summed E-state index contributed by atoms with van der Waals surface area (Å²) in [6.45, 7) is -0.310. The predicted molar refractivity (Wildman–Crippen MR) is 52.9 cm³/mol. The zero-order valence-corrected chi connectivity index (χ0v) is 8.37. The molecular formula is C9H12N2O5. The largest absolute Gasteiger partial charge is 0.394 e. The summed E-state index contributed by atoms with van der Waals surface area (Å²) in [6.07, 6.45) is -0.649. The fraction of sp³-hybridized carbons (Fsp3) is 0.556. The van der Waals surface area contributed by atoms with Crippen molar-refractivity contribution >= 4 is 0 Å². The summed E-state index contributed by atoms with van der Waals surface area (Å²) in [7, 11) is 0. The van der Waals surface area contributed by atoms with Gasteiger partial charge >= 0.3 is 5.69 Å². The molecule has 7 heteroatoms. The van der Waals surface area contributed by atoms with Crippen LogP contribution in [-0.4, -0.2) is 38.6 Å². The van der Waals surface area contributed by atoms with Gasteiger partial charge in [0, 0.05) is 18.7 Å². The highest BCUT2D eigenvalue weighted by Gasteiger charge is 2.34. The molecule has 0 radical (unpaired) electrons. The summed E-state index contributed by atoms with van der Waals surface area (Å²) in [5.74, 6) is 0. The molecule has 0 spiro atoms. The number of aliphatic hydroxyl groups excluding tert-OH is 2. The van der Waals surface area contributed by atoms with E-state index in [0.717, 1.165) is 0 Å². The molecule has 1 aliphatic heterocycles.